The molecule has 3 rings (SSSR count). The molecule has 6 heteroatoms. The predicted octanol–water partition coefficient (Wildman–Crippen LogP) is 1.67. The van der Waals surface area contributed by atoms with Crippen LogP contribution in [0.25, 0.3) is 0 Å². The summed E-state index contributed by atoms with van der Waals surface area (Å²) in [7, 11) is 0. The minimum absolute atomic E-state index is 0.0170. The van der Waals surface area contributed by atoms with Crippen molar-refractivity contribution in [1.82, 2.24) is 10.2 Å². The Bertz CT molecular complexity index is 499. The fourth-order valence-corrected chi connectivity index (χ4v) is 5.08. The summed E-state index contributed by atoms with van der Waals surface area (Å²) in [5, 5.41) is 3.25. The first-order chi connectivity index (χ1) is 12.4. The number of hydrogen-bond acceptors (Lipinski definition) is 5. The van der Waals surface area contributed by atoms with Crippen molar-refractivity contribution in [2.24, 2.45) is 11.1 Å². The van der Waals surface area contributed by atoms with E-state index in [1.807, 2.05) is 6.92 Å². The van der Waals surface area contributed by atoms with Crippen LogP contribution in [0.1, 0.15) is 59.3 Å². The monoisotopic (exact) mass is 367 g/mol. The highest BCUT2D eigenvalue weighted by atomic mass is 16.5. The average Bonchev–Trinajstić information content (AvgIpc) is 2.67. The van der Waals surface area contributed by atoms with Crippen LogP contribution in [0.4, 0.5) is 0 Å². The molecule has 0 bridgehead atoms. The SMILES string of the molecule is CCOC1CC(N)(C(=O)NCC2(N3CCOCC3)CCCCC2)C1(C)C. The molecule has 6 nitrogen and oxygen atoms in total. The predicted molar refractivity (Wildman–Crippen MR) is 102 cm³/mol. The molecule has 3 fully saturated rings. The van der Waals surface area contributed by atoms with Crippen molar-refractivity contribution in [3.05, 3.63) is 0 Å². The maximum absolute atomic E-state index is 13.0. The lowest BCUT2D eigenvalue weighted by atomic mass is 9.54. The van der Waals surface area contributed by atoms with Gasteiger partial charge in [0.05, 0.1) is 19.3 Å². The van der Waals surface area contributed by atoms with E-state index in [4.69, 9.17) is 15.2 Å². The molecule has 0 aromatic heterocycles. The second-order valence-corrected chi connectivity index (χ2v) is 8.91. The highest BCUT2D eigenvalue weighted by Gasteiger charge is 2.63. The number of carbonyl (C=O) groups is 1. The van der Waals surface area contributed by atoms with E-state index in [0.717, 1.165) is 39.1 Å². The Kier molecular flexibility index (Phi) is 5.97. The molecule has 1 saturated heterocycles. The third-order valence-electron chi connectivity index (χ3n) is 7.28. The molecule has 0 radical (unpaired) electrons. The summed E-state index contributed by atoms with van der Waals surface area (Å²) in [5.41, 5.74) is 5.45. The van der Waals surface area contributed by atoms with Crippen LogP contribution < -0.4 is 11.1 Å². The smallest absolute Gasteiger partial charge is 0.240 e. The average molecular weight is 368 g/mol. The summed E-state index contributed by atoms with van der Waals surface area (Å²) < 4.78 is 11.3. The quantitative estimate of drug-likeness (QED) is 0.747. The minimum Gasteiger partial charge on any atom is -0.379 e. The van der Waals surface area contributed by atoms with Crippen molar-refractivity contribution >= 4 is 5.91 Å². The van der Waals surface area contributed by atoms with Gasteiger partial charge in [0.15, 0.2) is 0 Å². The molecule has 26 heavy (non-hydrogen) atoms. The molecule has 2 aliphatic carbocycles. The van der Waals surface area contributed by atoms with Gasteiger partial charge in [-0.15, -0.1) is 0 Å². The van der Waals surface area contributed by atoms with Crippen molar-refractivity contribution in [2.75, 3.05) is 39.5 Å². The van der Waals surface area contributed by atoms with E-state index < -0.39 is 5.54 Å². The van der Waals surface area contributed by atoms with Gasteiger partial charge in [-0.25, -0.2) is 0 Å². The largest absolute Gasteiger partial charge is 0.379 e. The van der Waals surface area contributed by atoms with Crippen LogP contribution in [-0.4, -0.2) is 67.4 Å². The van der Waals surface area contributed by atoms with Gasteiger partial charge in [0.2, 0.25) is 5.91 Å². The van der Waals surface area contributed by atoms with Crippen LogP contribution in [0.15, 0.2) is 0 Å². The van der Waals surface area contributed by atoms with E-state index in [2.05, 4.69) is 24.1 Å². The third-order valence-corrected chi connectivity index (χ3v) is 7.28. The van der Waals surface area contributed by atoms with Crippen LogP contribution in [0, 0.1) is 5.41 Å². The highest BCUT2D eigenvalue weighted by Crippen LogP contribution is 2.50. The fraction of sp³-hybridized carbons (Fsp3) is 0.950. The maximum atomic E-state index is 13.0. The summed E-state index contributed by atoms with van der Waals surface area (Å²) >= 11 is 0. The molecular weight excluding hydrogens is 330 g/mol. The Morgan fingerprint density at radius 2 is 1.88 bits per heavy atom. The number of nitrogens with zero attached hydrogens (tertiary/aromatic N) is 1. The van der Waals surface area contributed by atoms with E-state index >= 15 is 0 Å². The highest BCUT2D eigenvalue weighted by molar-refractivity contribution is 5.88. The van der Waals surface area contributed by atoms with E-state index in [9.17, 15) is 4.79 Å². The molecule has 2 atom stereocenters. The summed E-state index contributed by atoms with van der Waals surface area (Å²) in [6.45, 7) is 10.9. The summed E-state index contributed by atoms with van der Waals surface area (Å²) in [5.74, 6) is -0.0170. The summed E-state index contributed by atoms with van der Waals surface area (Å²) in [6, 6.07) is 0. The van der Waals surface area contributed by atoms with Crippen molar-refractivity contribution in [1.29, 1.82) is 0 Å². The lowest BCUT2D eigenvalue weighted by molar-refractivity contribution is -0.171. The fourth-order valence-electron chi connectivity index (χ4n) is 5.08. The number of rotatable bonds is 6. The Morgan fingerprint density at radius 1 is 1.23 bits per heavy atom. The molecule has 1 heterocycles. The lowest BCUT2D eigenvalue weighted by Crippen LogP contribution is -2.76. The number of morpholine rings is 1. The molecule has 150 valence electrons. The van der Waals surface area contributed by atoms with Crippen LogP contribution in [-0.2, 0) is 14.3 Å². The zero-order valence-corrected chi connectivity index (χ0v) is 16.8. The number of amides is 1. The molecule has 2 unspecified atom stereocenters. The van der Waals surface area contributed by atoms with Crippen molar-refractivity contribution in [3.63, 3.8) is 0 Å². The van der Waals surface area contributed by atoms with E-state index in [1.54, 1.807) is 0 Å². The normalized spacial score (nSPS) is 34.1. The van der Waals surface area contributed by atoms with Crippen LogP contribution in [0.3, 0.4) is 0 Å². The topological polar surface area (TPSA) is 76.8 Å². The van der Waals surface area contributed by atoms with Gasteiger partial charge in [0.25, 0.3) is 0 Å². The summed E-state index contributed by atoms with van der Waals surface area (Å²) in [6.07, 6.45) is 6.73. The Balaban J connectivity index is 1.64. The summed E-state index contributed by atoms with van der Waals surface area (Å²) in [4.78, 5) is 15.6. The number of nitrogens with two attached hydrogens (primary N) is 1. The number of carbonyl (C=O) groups excluding carboxylic acids is 1. The van der Waals surface area contributed by atoms with Gasteiger partial charge in [-0.1, -0.05) is 33.1 Å². The minimum atomic E-state index is -0.840. The maximum Gasteiger partial charge on any atom is 0.240 e. The molecule has 0 spiro atoms. The molecule has 0 aromatic rings. The van der Waals surface area contributed by atoms with E-state index in [0.29, 0.717) is 19.6 Å². The molecule has 1 aliphatic heterocycles. The lowest BCUT2D eigenvalue weighted by Gasteiger charge is -2.58. The van der Waals surface area contributed by atoms with Gasteiger partial charge >= 0.3 is 0 Å². The van der Waals surface area contributed by atoms with Gasteiger partial charge in [-0.2, -0.15) is 0 Å². The van der Waals surface area contributed by atoms with Crippen LogP contribution >= 0.6 is 0 Å². The number of nitrogens with one attached hydrogen (secondary N) is 1. The van der Waals surface area contributed by atoms with Gasteiger partial charge in [-0.05, 0) is 19.8 Å². The van der Waals surface area contributed by atoms with Gasteiger partial charge in [0.1, 0.15) is 5.54 Å². The second-order valence-electron chi connectivity index (χ2n) is 8.91. The standard InChI is InChI=1S/C20H37N3O3/c1-4-26-16-14-20(21,18(16,2)3)17(24)22-15-19(8-6-5-7-9-19)23-10-12-25-13-11-23/h16H,4-15,21H2,1-3H3,(H,22,24). The first-order valence-corrected chi connectivity index (χ1v) is 10.4. The number of hydrogen-bond donors (Lipinski definition) is 2. The van der Waals surface area contributed by atoms with Gasteiger partial charge in [0, 0.05) is 43.6 Å². The van der Waals surface area contributed by atoms with Gasteiger partial charge in [-0.3, -0.25) is 9.69 Å². The van der Waals surface area contributed by atoms with Gasteiger partial charge < -0.3 is 20.5 Å². The van der Waals surface area contributed by atoms with E-state index in [1.165, 1.54) is 19.3 Å². The molecular formula is C20H37N3O3. The Hall–Kier alpha value is -0.690. The zero-order valence-electron chi connectivity index (χ0n) is 16.8. The Labute approximate surface area is 158 Å². The molecule has 3 aliphatic rings. The van der Waals surface area contributed by atoms with Crippen LogP contribution in [0.5, 0.6) is 0 Å². The molecule has 1 amide bonds. The van der Waals surface area contributed by atoms with Crippen molar-refractivity contribution < 1.29 is 14.3 Å². The number of ether oxygens (including phenoxy) is 2. The Morgan fingerprint density at radius 3 is 2.46 bits per heavy atom. The van der Waals surface area contributed by atoms with E-state index in [-0.39, 0.29) is 23.0 Å². The first kappa shape index (κ1) is 20.1. The molecule has 3 N–H and O–H groups in total. The van der Waals surface area contributed by atoms with Crippen molar-refractivity contribution in [3.8, 4) is 0 Å². The second kappa shape index (κ2) is 7.74. The zero-order chi connectivity index (χ0) is 18.8. The molecule has 2 saturated carbocycles. The van der Waals surface area contributed by atoms with Crippen LogP contribution in [0.2, 0.25) is 0 Å². The third kappa shape index (κ3) is 3.41. The molecule has 0 aromatic carbocycles. The van der Waals surface area contributed by atoms with Crippen molar-refractivity contribution in [2.45, 2.75) is 76.5 Å². The first-order valence-electron chi connectivity index (χ1n) is 10.4.